The van der Waals surface area contributed by atoms with Crippen molar-refractivity contribution in [2.24, 2.45) is 0 Å². The smallest absolute Gasteiger partial charge is 0.141 e. The minimum absolute atomic E-state index is 0.323. The minimum atomic E-state index is -0.323. The number of nitrogens with zero attached hydrogens (tertiary/aromatic N) is 2. The predicted molar refractivity (Wildman–Crippen MR) is 75.8 cm³/mol. The maximum atomic E-state index is 12.4. The first kappa shape index (κ1) is 11.7. The molecule has 2 aromatic heterocycles. The molecule has 0 bridgehead atoms. The van der Waals surface area contributed by atoms with Gasteiger partial charge in [0, 0.05) is 29.1 Å². The third-order valence-corrected chi connectivity index (χ3v) is 3.29. The van der Waals surface area contributed by atoms with E-state index in [1.807, 2.05) is 30.3 Å². The van der Waals surface area contributed by atoms with Crippen LogP contribution in [-0.4, -0.2) is 16.2 Å². The molecule has 1 aromatic carbocycles. The summed E-state index contributed by atoms with van der Waals surface area (Å²) >= 11 is 0. The normalized spacial score (nSPS) is 10.9. The first-order valence-electron chi connectivity index (χ1n) is 6.24. The van der Waals surface area contributed by atoms with Crippen molar-refractivity contribution in [2.75, 3.05) is 6.67 Å². The van der Waals surface area contributed by atoms with Gasteiger partial charge in [0.25, 0.3) is 0 Å². The van der Waals surface area contributed by atoms with Gasteiger partial charge in [-0.25, -0.2) is 4.98 Å². The lowest BCUT2D eigenvalue weighted by atomic mass is 10.1. The Morgan fingerprint density at radius 2 is 2.11 bits per heavy atom. The number of alkyl halides is 1. The van der Waals surface area contributed by atoms with Crippen molar-refractivity contribution in [1.29, 1.82) is 0 Å². The second-order valence-electron chi connectivity index (χ2n) is 4.45. The zero-order valence-corrected chi connectivity index (χ0v) is 10.4. The summed E-state index contributed by atoms with van der Waals surface area (Å²) in [6.07, 6.45) is 7.61. The monoisotopic (exact) mass is 252 g/mol. The van der Waals surface area contributed by atoms with E-state index in [9.17, 15) is 4.39 Å². The second-order valence-corrected chi connectivity index (χ2v) is 4.45. The van der Waals surface area contributed by atoms with E-state index < -0.39 is 0 Å². The highest BCUT2D eigenvalue weighted by molar-refractivity contribution is 6.06. The third-order valence-electron chi connectivity index (χ3n) is 3.29. The van der Waals surface area contributed by atoms with E-state index in [0.717, 1.165) is 27.5 Å². The first-order valence-corrected chi connectivity index (χ1v) is 6.24. The van der Waals surface area contributed by atoms with Gasteiger partial charge < -0.3 is 4.57 Å². The highest BCUT2D eigenvalue weighted by Gasteiger charge is 2.11. The molecular weight excluding hydrogens is 239 g/mol. The predicted octanol–water partition coefficient (Wildman–Crippen LogP) is 3.53. The standard InChI is InChI=1S/C16H13FN2/c1-2-12-10-14-13-6-3-4-7-15(13)19(9-5-8-17)16(14)18-11-12/h1,3-4,6-7,10-11H,5,8-9H2. The van der Waals surface area contributed by atoms with Crippen LogP contribution in [-0.2, 0) is 6.54 Å². The van der Waals surface area contributed by atoms with Gasteiger partial charge in [-0.3, -0.25) is 4.39 Å². The number of fused-ring (bicyclic) bond motifs is 3. The van der Waals surface area contributed by atoms with Crippen LogP contribution in [0.4, 0.5) is 4.39 Å². The summed E-state index contributed by atoms with van der Waals surface area (Å²) in [6.45, 7) is 0.305. The van der Waals surface area contributed by atoms with Gasteiger partial charge in [0.05, 0.1) is 12.2 Å². The van der Waals surface area contributed by atoms with E-state index in [2.05, 4.69) is 15.5 Å². The van der Waals surface area contributed by atoms with Gasteiger partial charge in [0.15, 0.2) is 0 Å². The number of aromatic nitrogens is 2. The molecule has 0 spiro atoms. The van der Waals surface area contributed by atoms with E-state index in [-0.39, 0.29) is 6.67 Å². The molecule has 0 radical (unpaired) electrons. The summed E-state index contributed by atoms with van der Waals surface area (Å²) in [5.74, 6) is 2.60. The van der Waals surface area contributed by atoms with Crippen LogP contribution in [0.5, 0.6) is 0 Å². The fraction of sp³-hybridized carbons (Fsp3) is 0.188. The number of rotatable bonds is 3. The Hall–Kier alpha value is -2.34. The lowest BCUT2D eigenvalue weighted by Crippen LogP contribution is -1.99. The van der Waals surface area contributed by atoms with Crippen molar-refractivity contribution in [3.05, 3.63) is 42.1 Å². The van der Waals surface area contributed by atoms with Crippen LogP contribution < -0.4 is 0 Å². The number of para-hydroxylation sites is 1. The summed E-state index contributed by atoms with van der Waals surface area (Å²) in [7, 11) is 0. The van der Waals surface area contributed by atoms with Crippen LogP contribution in [0.1, 0.15) is 12.0 Å². The molecule has 94 valence electrons. The number of hydrogen-bond donors (Lipinski definition) is 0. The third kappa shape index (κ3) is 1.86. The summed E-state index contributed by atoms with van der Waals surface area (Å²) in [4.78, 5) is 4.44. The highest BCUT2D eigenvalue weighted by Crippen LogP contribution is 2.28. The molecule has 0 N–H and O–H groups in total. The molecule has 0 unspecified atom stereocenters. The Balaban J connectivity index is 2.34. The fourth-order valence-corrected chi connectivity index (χ4v) is 2.44. The molecule has 0 fully saturated rings. The molecule has 0 aliphatic carbocycles. The average molecular weight is 252 g/mol. The van der Waals surface area contributed by atoms with Crippen molar-refractivity contribution >= 4 is 21.9 Å². The van der Waals surface area contributed by atoms with Gasteiger partial charge in [0.2, 0.25) is 0 Å². The number of halogens is 1. The molecule has 2 heterocycles. The lowest BCUT2D eigenvalue weighted by Gasteiger charge is -2.04. The molecule has 19 heavy (non-hydrogen) atoms. The zero-order valence-electron chi connectivity index (χ0n) is 10.4. The van der Waals surface area contributed by atoms with Gasteiger partial charge in [-0.15, -0.1) is 6.42 Å². The molecule has 0 aliphatic rings. The van der Waals surface area contributed by atoms with Crippen LogP contribution in [0, 0.1) is 12.3 Å². The maximum absolute atomic E-state index is 12.4. The Bertz CT molecular complexity index is 780. The van der Waals surface area contributed by atoms with Crippen LogP contribution in [0.3, 0.4) is 0 Å². The number of pyridine rings is 1. The van der Waals surface area contributed by atoms with Gasteiger partial charge in [-0.1, -0.05) is 24.1 Å². The first-order chi connectivity index (χ1) is 9.35. The van der Waals surface area contributed by atoms with Crippen LogP contribution in [0.2, 0.25) is 0 Å². The van der Waals surface area contributed by atoms with Gasteiger partial charge in [-0.05, 0) is 18.6 Å². The van der Waals surface area contributed by atoms with Crippen LogP contribution in [0.25, 0.3) is 21.9 Å². The van der Waals surface area contributed by atoms with Crippen molar-refractivity contribution < 1.29 is 4.39 Å². The van der Waals surface area contributed by atoms with Crippen LogP contribution >= 0.6 is 0 Å². The highest BCUT2D eigenvalue weighted by atomic mass is 19.1. The molecule has 3 heteroatoms. The Morgan fingerprint density at radius 1 is 1.26 bits per heavy atom. The molecule has 0 aliphatic heterocycles. The molecule has 0 saturated heterocycles. The summed E-state index contributed by atoms with van der Waals surface area (Å²) < 4.78 is 14.5. The Labute approximate surface area is 110 Å². The number of terminal acetylenes is 1. The van der Waals surface area contributed by atoms with E-state index in [0.29, 0.717) is 13.0 Å². The lowest BCUT2D eigenvalue weighted by molar-refractivity contribution is 0.452. The molecular formula is C16H13FN2. The number of aryl methyl sites for hydroxylation is 1. The molecule has 3 aromatic rings. The largest absolute Gasteiger partial charge is 0.325 e. The van der Waals surface area contributed by atoms with Gasteiger partial charge in [-0.2, -0.15) is 0 Å². The summed E-state index contributed by atoms with van der Waals surface area (Å²) in [5, 5.41) is 2.14. The Kier molecular flexibility index (Phi) is 2.92. The molecule has 3 rings (SSSR count). The topological polar surface area (TPSA) is 17.8 Å². The molecule has 0 amide bonds. The van der Waals surface area contributed by atoms with E-state index in [4.69, 9.17) is 6.42 Å². The van der Waals surface area contributed by atoms with Crippen molar-refractivity contribution in [3.63, 3.8) is 0 Å². The zero-order chi connectivity index (χ0) is 13.2. The quantitative estimate of drug-likeness (QED) is 0.652. The van der Waals surface area contributed by atoms with Gasteiger partial charge in [0.1, 0.15) is 5.65 Å². The molecule has 0 atom stereocenters. The molecule has 0 saturated carbocycles. The number of benzene rings is 1. The van der Waals surface area contributed by atoms with E-state index >= 15 is 0 Å². The van der Waals surface area contributed by atoms with Gasteiger partial charge >= 0.3 is 0 Å². The summed E-state index contributed by atoms with van der Waals surface area (Å²) in [6, 6.07) is 10.0. The van der Waals surface area contributed by atoms with Crippen molar-refractivity contribution in [3.8, 4) is 12.3 Å². The number of hydrogen-bond acceptors (Lipinski definition) is 1. The van der Waals surface area contributed by atoms with Crippen molar-refractivity contribution in [1.82, 2.24) is 9.55 Å². The Morgan fingerprint density at radius 3 is 2.89 bits per heavy atom. The SMILES string of the molecule is C#Cc1cnc2c(c1)c1ccccc1n2CCCF. The summed E-state index contributed by atoms with van der Waals surface area (Å²) in [5.41, 5.74) is 2.71. The van der Waals surface area contributed by atoms with Crippen molar-refractivity contribution in [2.45, 2.75) is 13.0 Å². The van der Waals surface area contributed by atoms with E-state index in [1.165, 1.54) is 0 Å². The minimum Gasteiger partial charge on any atom is -0.325 e. The average Bonchev–Trinajstić information content (AvgIpc) is 2.78. The fourth-order valence-electron chi connectivity index (χ4n) is 2.44. The molecule has 2 nitrogen and oxygen atoms in total. The maximum Gasteiger partial charge on any atom is 0.141 e. The van der Waals surface area contributed by atoms with Crippen LogP contribution in [0.15, 0.2) is 36.5 Å². The second kappa shape index (κ2) is 4.74. The van der Waals surface area contributed by atoms with E-state index in [1.54, 1.807) is 6.20 Å².